The van der Waals surface area contributed by atoms with Gasteiger partial charge in [-0.25, -0.2) is 0 Å². The summed E-state index contributed by atoms with van der Waals surface area (Å²) in [6.07, 6.45) is 8.22. The molecule has 1 aromatic rings. The zero-order valence-electron chi connectivity index (χ0n) is 9.57. The van der Waals surface area contributed by atoms with Gasteiger partial charge in [-0.1, -0.05) is 36.4 Å². The largest absolute Gasteiger partial charge is 0.313 e. The molecule has 0 heterocycles. The van der Waals surface area contributed by atoms with Crippen LogP contribution in [0.1, 0.15) is 29.9 Å². The Morgan fingerprint density at radius 2 is 2.06 bits per heavy atom. The van der Waals surface area contributed by atoms with Crippen LogP contribution < -0.4 is 5.32 Å². The van der Waals surface area contributed by atoms with Gasteiger partial charge in [0.2, 0.25) is 0 Å². The van der Waals surface area contributed by atoms with Crippen LogP contribution in [0.25, 0.3) is 0 Å². The monoisotopic (exact) mass is 235 g/mol. The van der Waals surface area contributed by atoms with Crippen molar-refractivity contribution in [2.75, 3.05) is 7.05 Å². The predicted molar refractivity (Wildman–Crippen MR) is 70.3 cm³/mol. The molecular weight excluding hydrogens is 218 g/mol. The lowest BCUT2D eigenvalue weighted by atomic mass is 9.76. The fourth-order valence-corrected chi connectivity index (χ4v) is 3.25. The van der Waals surface area contributed by atoms with Crippen LogP contribution in [0.15, 0.2) is 36.4 Å². The van der Waals surface area contributed by atoms with Crippen molar-refractivity contribution >= 4 is 12.4 Å². The highest BCUT2D eigenvalue weighted by Gasteiger charge is 2.44. The number of fused-ring (bicyclic) bond motifs is 3. The molecular formula is C14H18ClN. The average molecular weight is 236 g/mol. The van der Waals surface area contributed by atoms with Gasteiger partial charge >= 0.3 is 0 Å². The Morgan fingerprint density at radius 3 is 2.88 bits per heavy atom. The Hall–Kier alpha value is -0.790. The van der Waals surface area contributed by atoms with E-state index in [1.165, 1.54) is 19.3 Å². The molecule has 0 fully saturated rings. The number of rotatable bonds is 1. The molecule has 2 aliphatic carbocycles. The normalized spacial score (nSPS) is 30.4. The predicted octanol–water partition coefficient (Wildman–Crippen LogP) is 3.06. The summed E-state index contributed by atoms with van der Waals surface area (Å²) in [5.74, 6) is 0.684. The van der Waals surface area contributed by atoms with E-state index in [0.717, 1.165) is 0 Å². The molecule has 2 heteroatoms. The second kappa shape index (κ2) is 4.23. The van der Waals surface area contributed by atoms with Crippen molar-refractivity contribution in [1.82, 2.24) is 5.32 Å². The fraction of sp³-hybridized carbons (Fsp3) is 0.429. The van der Waals surface area contributed by atoms with Crippen LogP contribution in [0.5, 0.6) is 0 Å². The Balaban J connectivity index is 0.000000963. The molecule has 86 valence electrons. The van der Waals surface area contributed by atoms with Crippen molar-refractivity contribution in [3.63, 3.8) is 0 Å². The van der Waals surface area contributed by atoms with Gasteiger partial charge in [0.05, 0.1) is 0 Å². The molecule has 0 amide bonds. The lowest BCUT2D eigenvalue weighted by molar-refractivity contribution is 0.298. The first-order valence-corrected chi connectivity index (χ1v) is 5.77. The van der Waals surface area contributed by atoms with E-state index in [1.54, 1.807) is 11.1 Å². The number of allylic oxidation sites excluding steroid dienone is 1. The molecule has 0 aliphatic heterocycles. The minimum absolute atomic E-state index is 0. The number of nitrogens with one attached hydrogen (secondary N) is 1. The van der Waals surface area contributed by atoms with Gasteiger partial charge in [0, 0.05) is 11.5 Å². The highest BCUT2D eigenvalue weighted by molar-refractivity contribution is 5.85. The van der Waals surface area contributed by atoms with Gasteiger partial charge in [-0.2, -0.15) is 0 Å². The smallest absolute Gasteiger partial charge is 0.0325 e. The molecule has 16 heavy (non-hydrogen) atoms. The van der Waals surface area contributed by atoms with E-state index in [4.69, 9.17) is 0 Å². The van der Waals surface area contributed by atoms with Crippen LogP contribution in [-0.4, -0.2) is 12.6 Å². The van der Waals surface area contributed by atoms with Crippen LogP contribution in [0.4, 0.5) is 0 Å². The van der Waals surface area contributed by atoms with Crippen molar-refractivity contribution in [2.45, 2.75) is 30.7 Å². The molecule has 0 bridgehead atoms. The third kappa shape index (κ3) is 1.50. The first-order chi connectivity index (χ1) is 7.36. The third-order valence-electron chi connectivity index (χ3n) is 4.12. The Labute approximate surface area is 103 Å². The van der Waals surface area contributed by atoms with Gasteiger partial charge in [0.25, 0.3) is 0 Å². The van der Waals surface area contributed by atoms with E-state index in [2.05, 4.69) is 48.8 Å². The van der Waals surface area contributed by atoms with Gasteiger partial charge in [0.1, 0.15) is 0 Å². The van der Waals surface area contributed by atoms with Crippen LogP contribution in [-0.2, 0) is 6.42 Å². The fourth-order valence-electron chi connectivity index (χ4n) is 3.25. The highest BCUT2D eigenvalue weighted by atomic mass is 35.5. The van der Waals surface area contributed by atoms with Crippen molar-refractivity contribution in [3.05, 3.63) is 47.5 Å². The summed E-state index contributed by atoms with van der Waals surface area (Å²) in [4.78, 5) is 0. The van der Waals surface area contributed by atoms with Crippen molar-refractivity contribution in [1.29, 1.82) is 0 Å². The molecule has 0 saturated heterocycles. The standard InChI is InChI=1S/C14H17N.ClH/c1-15-14-9-5-4-8-13(14)12-7-3-2-6-11(12)10-14;/h2-7,13,15H,8-10H2,1H3;1H/t13-,14-;/m1./s1. The second-order valence-electron chi connectivity index (χ2n) is 4.75. The number of likely N-dealkylation sites (N-methyl/N-ethyl adjacent to an activating group) is 1. The number of halogens is 1. The number of hydrogen-bond donors (Lipinski definition) is 1. The summed E-state index contributed by atoms with van der Waals surface area (Å²) in [5.41, 5.74) is 3.41. The van der Waals surface area contributed by atoms with E-state index in [1.807, 2.05) is 0 Å². The van der Waals surface area contributed by atoms with Crippen molar-refractivity contribution < 1.29 is 0 Å². The molecule has 0 radical (unpaired) electrons. The molecule has 1 nitrogen and oxygen atoms in total. The summed E-state index contributed by atoms with van der Waals surface area (Å²) in [7, 11) is 2.11. The quantitative estimate of drug-likeness (QED) is 0.738. The van der Waals surface area contributed by atoms with Gasteiger partial charge in [-0.3, -0.25) is 0 Å². The van der Waals surface area contributed by atoms with Crippen LogP contribution in [0, 0.1) is 0 Å². The van der Waals surface area contributed by atoms with E-state index >= 15 is 0 Å². The molecule has 2 atom stereocenters. The number of benzene rings is 1. The minimum Gasteiger partial charge on any atom is -0.313 e. The summed E-state index contributed by atoms with van der Waals surface area (Å²) in [5, 5.41) is 3.58. The second-order valence-corrected chi connectivity index (χ2v) is 4.75. The zero-order chi connectivity index (χ0) is 10.3. The Bertz CT molecular complexity index is 413. The molecule has 0 saturated carbocycles. The maximum Gasteiger partial charge on any atom is 0.0325 e. The number of hydrogen-bond acceptors (Lipinski definition) is 1. The topological polar surface area (TPSA) is 12.0 Å². The first-order valence-electron chi connectivity index (χ1n) is 5.77. The minimum atomic E-state index is 0. The summed E-state index contributed by atoms with van der Waals surface area (Å²) in [6.45, 7) is 0. The molecule has 1 N–H and O–H groups in total. The maximum atomic E-state index is 3.58. The van der Waals surface area contributed by atoms with Crippen molar-refractivity contribution in [2.24, 2.45) is 0 Å². The lowest BCUT2D eigenvalue weighted by Crippen LogP contribution is -2.47. The van der Waals surface area contributed by atoms with Crippen LogP contribution in [0.2, 0.25) is 0 Å². The van der Waals surface area contributed by atoms with Crippen LogP contribution in [0.3, 0.4) is 0 Å². The molecule has 0 spiro atoms. The van der Waals surface area contributed by atoms with E-state index in [0.29, 0.717) is 11.5 Å². The average Bonchev–Trinajstić information content (AvgIpc) is 2.64. The maximum absolute atomic E-state index is 3.58. The third-order valence-corrected chi connectivity index (χ3v) is 4.12. The Kier molecular flexibility index (Phi) is 3.09. The first kappa shape index (κ1) is 11.7. The lowest BCUT2D eigenvalue weighted by Gasteiger charge is -2.37. The van der Waals surface area contributed by atoms with E-state index < -0.39 is 0 Å². The molecule has 3 rings (SSSR count). The van der Waals surface area contributed by atoms with Gasteiger partial charge < -0.3 is 5.32 Å². The van der Waals surface area contributed by atoms with Gasteiger partial charge in [0.15, 0.2) is 0 Å². The summed E-state index contributed by atoms with van der Waals surface area (Å²) < 4.78 is 0. The SMILES string of the molecule is CN[C@@]12CC=CC[C@@H]1c1ccccc1C2.Cl. The Morgan fingerprint density at radius 1 is 1.25 bits per heavy atom. The van der Waals surface area contributed by atoms with Gasteiger partial charge in [-0.05, 0) is 37.4 Å². The molecule has 2 aliphatic rings. The molecule has 1 aromatic carbocycles. The van der Waals surface area contributed by atoms with Crippen molar-refractivity contribution in [3.8, 4) is 0 Å². The summed E-state index contributed by atoms with van der Waals surface area (Å²) >= 11 is 0. The van der Waals surface area contributed by atoms with E-state index in [-0.39, 0.29) is 12.4 Å². The molecule has 0 aromatic heterocycles. The van der Waals surface area contributed by atoms with Crippen LogP contribution >= 0.6 is 12.4 Å². The zero-order valence-corrected chi connectivity index (χ0v) is 10.4. The molecule has 0 unspecified atom stereocenters. The van der Waals surface area contributed by atoms with Gasteiger partial charge in [-0.15, -0.1) is 12.4 Å². The van der Waals surface area contributed by atoms with E-state index in [9.17, 15) is 0 Å². The summed E-state index contributed by atoms with van der Waals surface area (Å²) in [6, 6.07) is 8.92. The highest BCUT2D eigenvalue weighted by Crippen LogP contribution is 2.46.